The number of thiocarbonyl (C=S) groups is 1. The number of rotatable bonds is 14. The maximum Gasteiger partial charge on any atom is 0.336 e. The fourth-order valence-corrected chi connectivity index (χ4v) is 8.43. The number of benzene rings is 4. The maximum atomic E-state index is 12.6. The molecule has 0 unspecified atom stereocenters. The predicted octanol–water partition coefficient (Wildman–Crippen LogP) is 9.48. The van der Waals surface area contributed by atoms with Crippen LogP contribution in [0.1, 0.15) is 48.9 Å². The zero-order valence-corrected chi connectivity index (χ0v) is 32.9. The zero-order chi connectivity index (χ0) is 39.3. The minimum Gasteiger partial charge on any atom is -0.508 e. The highest BCUT2D eigenvalue weighted by molar-refractivity contribution is 7.99. The molecule has 286 valence electrons. The van der Waals surface area contributed by atoms with Crippen molar-refractivity contribution in [3.05, 3.63) is 105 Å². The van der Waals surface area contributed by atoms with Gasteiger partial charge < -0.3 is 35.6 Å². The quantitative estimate of drug-likeness (QED) is 0.0398. The van der Waals surface area contributed by atoms with E-state index in [4.69, 9.17) is 50.6 Å². The Bertz CT molecular complexity index is 2610. The number of hydrogen-bond acceptors (Lipinski definition) is 10. The van der Waals surface area contributed by atoms with Gasteiger partial charge in [-0.15, -0.1) is 0 Å². The van der Waals surface area contributed by atoms with Crippen LogP contribution in [-0.4, -0.2) is 47.4 Å². The van der Waals surface area contributed by atoms with E-state index in [0.29, 0.717) is 72.0 Å². The number of carboxylic acids is 1. The van der Waals surface area contributed by atoms with Gasteiger partial charge in [-0.05, 0) is 85.2 Å². The number of aryl methyl sites for hydroxylation is 1. The monoisotopic (exact) mass is 827 g/mol. The fraction of sp³-hybridized carbons (Fsp3) is 0.200. The van der Waals surface area contributed by atoms with Crippen LogP contribution >= 0.6 is 47.2 Å². The van der Waals surface area contributed by atoms with Crippen molar-refractivity contribution in [3.8, 4) is 28.2 Å². The number of phenols is 1. The van der Waals surface area contributed by atoms with Crippen LogP contribution in [0.2, 0.25) is 10.0 Å². The molecule has 3 aromatic carbocycles. The number of phenolic OH excluding ortho intramolecular Hbond substituents is 1. The van der Waals surface area contributed by atoms with E-state index in [9.17, 15) is 19.8 Å². The predicted molar refractivity (Wildman–Crippen MR) is 225 cm³/mol. The highest BCUT2D eigenvalue weighted by Crippen LogP contribution is 2.42. The highest BCUT2D eigenvalue weighted by atomic mass is 35.5. The Labute approximate surface area is 340 Å². The van der Waals surface area contributed by atoms with Gasteiger partial charge in [-0.25, -0.2) is 19.7 Å². The lowest BCUT2D eigenvalue weighted by Gasteiger charge is -2.18. The molecular formula is C40H35Cl2N7O5S2. The molecule has 16 heteroatoms. The molecule has 2 aliphatic rings. The third-order valence-corrected chi connectivity index (χ3v) is 10.8. The molecule has 0 atom stereocenters. The van der Waals surface area contributed by atoms with Gasteiger partial charge >= 0.3 is 5.97 Å². The lowest BCUT2D eigenvalue weighted by Crippen LogP contribution is -2.29. The van der Waals surface area contributed by atoms with E-state index in [0.717, 1.165) is 55.1 Å². The highest BCUT2D eigenvalue weighted by Gasteiger charge is 2.23. The summed E-state index contributed by atoms with van der Waals surface area (Å²) in [6.07, 6.45) is 7.44. The number of unbranched alkanes of at least 4 members (excludes halogenated alkanes) is 5. The number of imidazole rings is 1. The van der Waals surface area contributed by atoms with E-state index in [1.165, 1.54) is 48.4 Å². The smallest absolute Gasteiger partial charge is 0.336 e. The van der Waals surface area contributed by atoms with Crippen molar-refractivity contribution in [2.75, 3.05) is 17.6 Å². The first-order chi connectivity index (χ1) is 27.0. The lowest BCUT2D eigenvalue weighted by molar-refractivity contribution is 0.0697. The molecule has 0 amide bonds. The molecule has 0 saturated heterocycles. The molecule has 0 saturated carbocycles. The summed E-state index contributed by atoms with van der Waals surface area (Å²) in [6.45, 7) is 1.38. The summed E-state index contributed by atoms with van der Waals surface area (Å²) < 4.78 is 7.99. The number of aromatic nitrogens is 4. The Morgan fingerprint density at radius 2 is 1.66 bits per heavy atom. The molecule has 0 radical (unpaired) electrons. The van der Waals surface area contributed by atoms with Gasteiger partial charge in [0.1, 0.15) is 23.4 Å². The number of aromatic carboxylic acids is 1. The summed E-state index contributed by atoms with van der Waals surface area (Å²) in [5.74, 6) is -0.542. The summed E-state index contributed by atoms with van der Waals surface area (Å²) in [4.78, 5) is 38.8. The van der Waals surface area contributed by atoms with E-state index < -0.39 is 5.97 Å². The van der Waals surface area contributed by atoms with Gasteiger partial charge in [0.15, 0.2) is 32.7 Å². The topological polar surface area (TPSA) is 181 Å². The van der Waals surface area contributed by atoms with Crippen LogP contribution in [0.3, 0.4) is 0 Å². The van der Waals surface area contributed by atoms with Gasteiger partial charge in [0.2, 0.25) is 0 Å². The van der Waals surface area contributed by atoms with Crippen LogP contribution in [0.15, 0.2) is 98.4 Å². The Kier molecular flexibility index (Phi) is 11.9. The van der Waals surface area contributed by atoms with Gasteiger partial charge in [-0.3, -0.25) is 4.79 Å². The first-order valence-corrected chi connectivity index (χ1v) is 19.7. The number of halogens is 2. The number of anilines is 2. The molecule has 5 aromatic rings. The minimum absolute atomic E-state index is 0.0197. The Morgan fingerprint density at radius 1 is 0.911 bits per heavy atom. The lowest BCUT2D eigenvalue weighted by atomic mass is 9.90. The Hall–Kier alpha value is -5.41. The summed E-state index contributed by atoms with van der Waals surface area (Å²) >= 11 is 19.4. The molecule has 0 spiro atoms. The van der Waals surface area contributed by atoms with Crippen LogP contribution in [0.5, 0.6) is 5.75 Å². The third-order valence-electron chi connectivity index (χ3n) is 9.12. The molecule has 1 aliphatic carbocycles. The van der Waals surface area contributed by atoms with Crippen molar-refractivity contribution in [2.45, 2.75) is 55.1 Å². The van der Waals surface area contributed by atoms with E-state index in [-0.39, 0.29) is 22.5 Å². The molecule has 7 rings (SSSR count). The van der Waals surface area contributed by atoms with E-state index >= 15 is 0 Å². The van der Waals surface area contributed by atoms with Gasteiger partial charge in [0.05, 0.1) is 5.56 Å². The fourth-order valence-electron chi connectivity index (χ4n) is 6.55. The molecule has 6 N–H and O–H groups in total. The summed E-state index contributed by atoms with van der Waals surface area (Å²) in [6, 6.07) is 19.3. The van der Waals surface area contributed by atoms with Crippen LogP contribution < -0.4 is 21.8 Å². The first kappa shape index (κ1) is 38.8. The molecule has 3 heterocycles. The zero-order valence-electron chi connectivity index (χ0n) is 29.7. The number of carbonyl (C=O) groups is 1. The summed E-state index contributed by atoms with van der Waals surface area (Å²) in [5, 5.41) is 29.5. The normalized spacial score (nSPS) is 11.4. The number of fused-ring (bicyclic) bond motifs is 3. The number of hydrogen-bond donors (Lipinski definition) is 5. The molecule has 0 fully saturated rings. The molecule has 0 bridgehead atoms. The second kappa shape index (κ2) is 17.2. The molecule has 2 aromatic heterocycles. The second-order valence-corrected chi connectivity index (χ2v) is 15.4. The van der Waals surface area contributed by atoms with Crippen molar-refractivity contribution in [3.63, 3.8) is 0 Å². The van der Waals surface area contributed by atoms with Crippen molar-refractivity contribution in [2.24, 2.45) is 0 Å². The van der Waals surface area contributed by atoms with Gasteiger partial charge in [-0.2, -0.15) is 0 Å². The van der Waals surface area contributed by atoms with Crippen LogP contribution in [0.25, 0.3) is 44.6 Å². The molecular weight excluding hydrogens is 794 g/mol. The van der Waals surface area contributed by atoms with Gasteiger partial charge in [-0.1, -0.05) is 66.7 Å². The number of aromatic hydroxyl groups is 1. The summed E-state index contributed by atoms with van der Waals surface area (Å²) in [7, 11) is 0. The largest absolute Gasteiger partial charge is 0.508 e. The Balaban J connectivity index is 0.906. The van der Waals surface area contributed by atoms with Gasteiger partial charge in [0.25, 0.3) is 0 Å². The van der Waals surface area contributed by atoms with Gasteiger partial charge in [0, 0.05) is 62.4 Å². The van der Waals surface area contributed by atoms with E-state index in [1.54, 1.807) is 30.3 Å². The van der Waals surface area contributed by atoms with Crippen LogP contribution in [0.4, 0.5) is 11.5 Å². The van der Waals surface area contributed by atoms with Crippen molar-refractivity contribution < 1.29 is 19.4 Å². The van der Waals surface area contributed by atoms with Crippen molar-refractivity contribution in [1.82, 2.24) is 24.8 Å². The number of nitrogens with zero attached hydrogens (tertiary/aromatic N) is 4. The molecule has 1 aliphatic heterocycles. The third kappa shape index (κ3) is 8.84. The number of nitrogen functional groups attached to an aromatic ring is 1. The standard InChI is InChI=1S/C40H35Cl2N7O5S2/c41-22-15-23(42)17-27(16-22)56-40-48-35-36(43)45-21-46-37(35)49(40)14-6-4-2-1-3-5-13-44-39(55)47-24-7-10-28(31(18-24)38(52)53)34-29-11-8-25(50)19-32(29)54-33-20-26(51)9-12-30(33)34/h7-12,15-21,50H,1-6,13-14H2,(H,52,53)(H2,43,45,46)(H2,44,47,55). The maximum absolute atomic E-state index is 12.6. The molecule has 56 heavy (non-hydrogen) atoms. The van der Waals surface area contributed by atoms with E-state index in [1.807, 2.05) is 12.1 Å². The molecule has 12 nitrogen and oxygen atoms in total. The van der Waals surface area contributed by atoms with Crippen molar-refractivity contribution in [1.29, 1.82) is 0 Å². The van der Waals surface area contributed by atoms with Crippen LogP contribution in [0, 0.1) is 0 Å². The second-order valence-electron chi connectivity index (χ2n) is 13.1. The number of nitrogens with two attached hydrogens (primary N) is 1. The van der Waals surface area contributed by atoms with E-state index in [2.05, 4.69) is 25.2 Å². The average Bonchev–Trinajstić information content (AvgIpc) is 3.50. The number of carboxylic acid groups (broad SMARTS) is 1. The van der Waals surface area contributed by atoms with Crippen molar-refractivity contribution >= 4 is 91.9 Å². The summed E-state index contributed by atoms with van der Waals surface area (Å²) in [5.41, 5.74) is 9.55. The SMILES string of the molecule is Nc1ncnc2c1nc(Sc1cc(Cl)cc(Cl)c1)n2CCCCCCCCNC(=S)Nc1ccc(-c2c3ccc(=O)cc-3oc3cc(O)ccc23)c(C(=O)O)c1. The minimum atomic E-state index is -1.14. The number of nitrogens with one attached hydrogen (secondary N) is 2. The Morgan fingerprint density at radius 3 is 2.45 bits per heavy atom. The van der Waals surface area contributed by atoms with Crippen LogP contribution in [-0.2, 0) is 6.54 Å². The average molecular weight is 829 g/mol. The first-order valence-electron chi connectivity index (χ1n) is 17.8.